The van der Waals surface area contributed by atoms with Crippen molar-refractivity contribution in [2.75, 3.05) is 13.7 Å². The number of methoxy groups -OCH3 is 1. The predicted octanol–water partition coefficient (Wildman–Crippen LogP) is 3.06. The SMILES string of the molecule is CCN(C(=O)C(C)n1cccn1)C(C)c1cccc(OC)c1. The Morgan fingerprint density at radius 2 is 2.14 bits per heavy atom. The van der Waals surface area contributed by atoms with Crippen LogP contribution < -0.4 is 4.74 Å². The van der Waals surface area contributed by atoms with E-state index in [0.29, 0.717) is 6.54 Å². The minimum Gasteiger partial charge on any atom is -0.497 e. The van der Waals surface area contributed by atoms with Crippen molar-refractivity contribution in [2.24, 2.45) is 0 Å². The molecule has 0 N–H and O–H groups in total. The first-order valence-electron chi connectivity index (χ1n) is 7.52. The number of ether oxygens (including phenoxy) is 1. The number of nitrogens with zero attached hydrogens (tertiary/aromatic N) is 3. The summed E-state index contributed by atoms with van der Waals surface area (Å²) in [5, 5.41) is 4.16. The van der Waals surface area contributed by atoms with Gasteiger partial charge in [-0.15, -0.1) is 0 Å². The van der Waals surface area contributed by atoms with Crippen LogP contribution in [0.2, 0.25) is 0 Å². The minimum absolute atomic E-state index is 0.0226. The summed E-state index contributed by atoms with van der Waals surface area (Å²) in [4.78, 5) is 14.6. The molecule has 0 saturated heterocycles. The highest BCUT2D eigenvalue weighted by atomic mass is 16.5. The predicted molar refractivity (Wildman–Crippen MR) is 85.7 cm³/mol. The molecule has 0 radical (unpaired) electrons. The summed E-state index contributed by atoms with van der Waals surface area (Å²) >= 11 is 0. The number of benzene rings is 1. The largest absolute Gasteiger partial charge is 0.497 e. The number of carbonyl (C=O) groups excluding carboxylic acids is 1. The van der Waals surface area contributed by atoms with E-state index in [1.807, 2.05) is 62.2 Å². The molecular formula is C17H23N3O2. The van der Waals surface area contributed by atoms with E-state index in [4.69, 9.17) is 4.74 Å². The zero-order valence-corrected chi connectivity index (χ0v) is 13.6. The van der Waals surface area contributed by atoms with Crippen LogP contribution in [-0.2, 0) is 4.79 Å². The molecule has 2 unspecified atom stereocenters. The zero-order chi connectivity index (χ0) is 16.1. The van der Waals surface area contributed by atoms with Gasteiger partial charge in [-0.3, -0.25) is 9.48 Å². The van der Waals surface area contributed by atoms with Crippen LogP contribution in [0.15, 0.2) is 42.7 Å². The van der Waals surface area contributed by atoms with Gasteiger partial charge in [-0.25, -0.2) is 0 Å². The van der Waals surface area contributed by atoms with E-state index >= 15 is 0 Å². The van der Waals surface area contributed by atoms with Crippen molar-refractivity contribution >= 4 is 5.91 Å². The van der Waals surface area contributed by atoms with Crippen molar-refractivity contribution in [3.63, 3.8) is 0 Å². The van der Waals surface area contributed by atoms with Gasteiger partial charge in [-0.05, 0) is 44.5 Å². The van der Waals surface area contributed by atoms with Gasteiger partial charge in [0.2, 0.25) is 5.91 Å². The Balaban J connectivity index is 2.20. The van der Waals surface area contributed by atoms with Gasteiger partial charge >= 0.3 is 0 Å². The van der Waals surface area contributed by atoms with Gasteiger partial charge in [0.1, 0.15) is 11.8 Å². The van der Waals surface area contributed by atoms with Gasteiger partial charge in [-0.1, -0.05) is 12.1 Å². The molecule has 0 bridgehead atoms. The Morgan fingerprint density at radius 1 is 1.36 bits per heavy atom. The van der Waals surface area contributed by atoms with E-state index in [9.17, 15) is 4.79 Å². The summed E-state index contributed by atoms with van der Waals surface area (Å²) in [5.41, 5.74) is 1.06. The highest BCUT2D eigenvalue weighted by molar-refractivity contribution is 5.80. The first kappa shape index (κ1) is 16.1. The van der Waals surface area contributed by atoms with Crippen LogP contribution in [0.25, 0.3) is 0 Å². The molecule has 0 fully saturated rings. The molecule has 0 aliphatic heterocycles. The molecule has 2 aromatic rings. The second-order valence-electron chi connectivity index (χ2n) is 5.24. The standard InChI is InChI=1S/C17H23N3O2/c1-5-19(17(21)14(3)20-11-7-10-18-20)13(2)15-8-6-9-16(12-15)22-4/h6-14H,5H2,1-4H3. The summed E-state index contributed by atoms with van der Waals surface area (Å²) in [6, 6.07) is 9.32. The van der Waals surface area contributed by atoms with E-state index in [2.05, 4.69) is 5.10 Å². The van der Waals surface area contributed by atoms with Crippen LogP contribution in [0.1, 0.15) is 38.4 Å². The highest BCUT2D eigenvalue weighted by Gasteiger charge is 2.26. The number of aromatic nitrogens is 2. The molecule has 0 saturated carbocycles. The molecule has 5 nitrogen and oxygen atoms in total. The Hall–Kier alpha value is -2.30. The van der Waals surface area contributed by atoms with Crippen LogP contribution in [0.3, 0.4) is 0 Å². The molecule has 118 valence electrons. The smallest absolute Gasteiger partial charge is 0.247 e. The monoisotopic (exact) mass is 301 g/mol. The van der Waals surface area contributed by atoms with Gasteiger partial charge in [-0.2, -0.15) is 5.10 Å². The van der Waals surface area contributed by atoms with Gasteiger partial charge < -0.3 is 9.64 Å². The van der Waals surface area contributed by atoms with Crippen molar-refractivity contribution < 1.29 is 9.53 Å². The van der Waals surface area contributed by atoms with Crippen LogP contribution in [0, 0.1) is 0 Å². The molecule has 22 heavy (non-hydrogen) atoms. The maximum absolute atomic E-state index is 12.8. The van der Waals surface area contributed by atoms with Crippen molar-refractivity contribution in [3.05, 3.63) is 48.3 Å². The maximum atomic E-state index is 12.8. The Morgan fingerprint density at radius 3 is 2.73 bits per heavy atom. The fourth-order valence-electron chi connectivity index (χ4n) is 2.56. The fraction of sp³-hybridized carbons (Fsp3) is 0.412. The maximum Gasteiger partial charge on any atom is 0.247 e. The summed E-state index contributed by atoms with van der Waals surface area (Å²) in [5.74, 6) is 0.856. The van der Waals surface area contributed by atoms with Gasteiger partial charge in [0.15, 0.2) is 0 Å². The Labute approximate surface area is 131 Å². The van der Waals surface area contributed by atoms with Crippen molar-refractivity contribution in [1.29, 1.82) is 0 Å². The second-order valence-corrected chi connectivity index (χ2v) is 5.24. The molecular weight excluding hydrogens is 278 g/mol. The third-order valence-electron chi connectivity index (χ3n) is 3.95. The lowest BCUT2D eigenvalue weighted by atomic mass is 10.1. The van der Waals surface area contributed by atoms with Crippen LogP contribution in [0.5, 0.6) is 5.75 Å². The summed E-state index contributed by atoms with van der Waals surface area (Å²) in [6.45, 7) is 6.54. The quantitative estimate of drug-likeness (QED) is 0.824. The van der Waals surface area contributed by atoms with E-state index < -0.39 is 0 Å². The van der Waals surface area contributed by atoms with Gasteiger partial charge in [0.05, 0.1) is 13.2 Å². The summed E-state index contributed by atoms with van der Waals surface area (Å²) < 4.78 is 6.95. The molecule has 1 heterocycles. The van der Waals surface area contributed by atoms with Crippen LogP contribution in [0.4, 0.5) is 0 Å². The van der Waals surface area contributed by atoms with E-state index in [1.54, 1.807) is 18.0 Å². The average molecular weight is 301 g/mol. The molecule has 1 amide bonds. The van der Waals surface area contributed by atoms with Crippen molar-refractivity contribution in [1.82, 2.24) is 14.7 Å². The van der Waals surface area contributed by atoms with Crippen molar-refractivity contribution in [3.8, 4) is 5.75 Å². The first-order valence-corrected chi connectivity index (χ1v) is 7.52. The second kappa shape index (κ2) is 7.11. The number of likely N-dealkylation sites (N-methyl/N-ethyl adjacent to an activating group) is 1. The van der Waals surface area contributed by atoms with Crippen LogP contribution >= 0.6 is 0 Å². The normalized spacial score (nSPS) is 13.5. The first-order chi connectivity index (χ1) is 10.6. The molecule has 2 atom stereocenters. The molecule has 5 heteroatoms. The van der Waals surface area contributed by atoms with Crippen LogP contribution in [-0.4, -0.2) is 34.2 Å². The number of hydrogen-bond donors (Lipinski definition) is 0. The molecule has 1 aromatic carbocycles. The molecule has 1 aromatic heterocycles. The number of hydrogen-bond acceptors (Lipinski definition) is 3. The summed E-state index contributed by atoms with van der Waals surface area (Å²) in [7, 11) is 1.65. The van der Waals surface area contributed by atoms with Crippen molar-refractivity contribution in [2.45, 2.75) is 32.9 Å². The number of carbonyl (C=O) groups is 1. The number of amides is 1. The highest BCUT2D eigenvalue weighted by Crippen LogP contribution is 2.25. The molecule has 0 aliphatic rings. The summed E-state index contributed by atoms with van der Waals surface area (Å²) in [6.07, 6.45) is 3.50. The Bertz CT molecular complexity index is 610. The van der Waals surface area contributed by atoms with E-state index in [0.717, 1.165) is 11.3 Å². The zero-order valence-electron chi connectivity index (χ0n) is 13.6. The molecule has 0 aliphatic carbocycles. The van der Waals surface area contributed by atoms with E-state index in [-0.39, 0.29) is 18.0 Å². The van der Waals surface area contributed by atoms with Gasteiger partial charge in [0, 0.05) is 18.9 Å². The fourth-order valence-corrected chi connectivity index (χ4v) is 2.56. The third kappa shape index (κ3) is 3.30. The lowest BCUT2D eigenvalue weighted by Gasteiger charge is -2.31. The van der Waals surface area contributed by atoms with Gasteiger partial charge in [0.25, 0.3) is 0 Å². The van der Waals surface area contributed by atoms with E-state index in [1.165, 1.54) is 0 Å². The molecule has 2 rings (SSSR count). The topological polar surface area (TPSA) is 47.4 Å². The lowest BCUT2D eigenvalue weighted by molar-refractivity contribution is -0.136. The minimum atomic E-state index is -0.317. The number of rotatable bonds is 6. The lowest BCUT2D eigenvalue weighted by Crippen LogP contribution is -2.38. The average Bonchev–Trinajstić information content (AvgIpc) is 3.09. The third-order valence-corrected chi connectivity index (χ3v) is 3.95. The molecule has 0 spiro atoms. The Kier molecular flexibility index (Phi) is 5.20.